The van der Waals surface area contributed by atoms with Gasteiger partial charge in [-0.15, -0.1) is 0 Å². The monoisotopic (exact) mass is 700 g/mol. The summed E-state index contributed by atoms with van der Waals surface area (Å²) in [6.45, 7) is 6.83. The summed E-state index contributed by atoms with van der Waals surface area (Å²) in [5.41, 5.74) is 0.735. The van der Waals surface area contributed by atoms with E-state index in [-0.39, 0.29) is 49.5 Å². The Kier molecular flexibility index (Phi) is 16.0. The van der Waals surface area contributed by atoms with E-state index in [4.69, 9.17) is 28.1 Å². The third kappa shape index (κ3) is 13.7. The summed E-state index contributed by atoms with van der Waals surface area (Å²) >= 11 is 0. The molecule has 3 fully saturated rings. The van der Waals surface area contributed by atoms with Crippen LogP contribution in [-0.4, -0.2) is 86.5 Å². The number of hydrogen-bond acceptors (Lipinski definition) is 11. The van der Waals surface area contributed by atoms with Gasteiger partial charge in [0.05, 0.1) is 49.7 Å². The minimum atomic E-state index is -0.517. The number of nitrogens with zero attached hydrogens (tertiary/aromatic N) is 1. The summed E-state index contributed by atoms with van der Waals surface area (Å²) in [5, 5.41) is 2.54. The number of aryl methyl sites for hydroxylation is 1. The zero-order valence-electron chi connectivity index (χ0n) is 30.3. The molecule has 1 aromatic heterocycles. The fourth-order valence-corrected chi connectivity index (χ4v) is 6.66. The molecule has 5 unspecified atom stereocenters. The maximum absolute atomic E-state index is 13.3. The lowest BCUT2D eigenvalue weighted by Gasteiger charge is -2.40. The maximum Gasteiger partial charge on any atom is 0.407 e. The lowest BCUT2D eigenvalue weighted by molar-refractivity contribution is -0.171. The van der Waals surface area contributed by atoms with Crippen molar-refractivity contribution in [2.75, 3.05) is 20.8 Å². The Morgan fingerprint density at radius 2 is 1.80 bits per heavy atom. The Bertz CT molecular complexity index is 1310. The highest BCUT2D eigenvalue weighted by atomic mass is 16.6. The fourth-order valence-electron chi connectivity index (χ4n) is 6.66. The van der Waals surface area contributed by atoms with Gasteiger partial charge >= 0.3 is 18.0 Å². The first-order valence-corrected chi connectivity index (χ1v) is 18.1. The summed E-state index contributed by atoms with van der Waals surface area (Å²) in [4.78, 5) is 41.7. The molecule has 12 heteroatoms. The third-order valence-corrected chi connectivity index (χ3v) is 9.35. The third-order valence-electron chi connectivity index (χ3n) is 9.35. The number of esters is 2. The molecule has 0 aromatic carbocycles. The molecule has 4 heterocycles. The van der Waals surface area contributed by atoms with Crippen LogP contribution >= 0.6 is 0 Å². The summed E-state index contributed by atoms with van der Waals surface area (Å²) in [6.07, 6.45) is 17.2. The number of rotatable bonds is 12. The molecule has 0 spiro atoms. The van der Waals surface area contributed by atoms with Crippen LogP contribution in [0.5, 0.6) is 0 Å². The lowest BCUT2D eigenvalue weighted by atomic mass is 9.86. The van der Waals surface area contributed by atoms with Crippen LogP contribution in [0.2, 0.25) is 0 Å². The van der Waals surface area contributed by atoms with Crippen LogP contribution in [-0.2, 0) is 44.4 Å². The number of allylic oxidation sites excluding steroid dienone is 2. The normalized spacial score (nSPS) is 29.6. The number of ether oxygens (including phenoxy) is 6. The van der Waals surface area contributed by atoms with Crippen LogP contribution in [0.15, 0.2) is 41.1 Å². The summed E-state index contributed by atoms with van der Waals surface area (Å²) in [7, 11) is 3.02. The van der Waals surface area contributed by atoms with Gasteiger partial charge in [-0.2, -0.15) is 0 Å². The Hall–Kier alpha value is -3.48. The minimum Gasteiger partial charge on any atom is -0.459 e. The van der Waals surface area contributed by atoms with Crippen molar-refractivity contribution in [1.29, 1.82) is 0 Å². The molecule has 3 aliphatic heterocycles. The molecule has 278 valence electrons. The molecule has 4 bridgehead atoms. The van der Waals surface area contributed by atoms with Gasteiger partial charge in [-0.3, -0.25) is 4.79 Å². The average Bonchev–Trinajstić information content (AvgIpc) is 3.52. The smallest absolute Gasteiger partial charge is 0.407 e. The molecular weight excluding hydrogens is 644 g/mol. The zero-order chi connectivity index (χ0) is 35.9. The van der Waals surface area contributed by atoms with E-state index in [1.165, 1.54) is 13.2 Å². The van der Waals surface area contributed by atoms with Crippen molar-refractivity contribution in [2.24, 2.45) is 11.8 Å². The van der Waals surface area contributed by atoms with Gasteiger partial charge in [0.25, 0.3) is 0 Å². The molecular formula is C38H56N2O10. The van der Waals surface area contributed by atoms with Crippen molar-refractivity contribution < 1.29 is 47.2 Å². The number of hydrogen-bond donors (Lipinski definition) is 1. The second-order valence-corrected chi connectivity index (χ2v) is 14.0. The van der Waals surface area contributed by atoms with Crippen molar-refractivity contribution in [3.05, 3.63) is 48.2 Å². The molecule has 3 saturated heterocycles. The number of oxazole rings is 1. The SMILES string of the molecule is COC(=O)NC/C=C\c1nc(CC/C=C\C(=O)O[C@H]2CC3CC(=O)O[C@H](/C=C/CC(C)C)CC4CCC(C)C(C[C@@H](OC)CC(C2)O3)O4)co1. The fraction of sp³-hybridized carbons (Fsp3) is 0.684. The number of cyclic esters (lactones) is 1. The molecule has 3 aliphatic rings. The summed E-state index contributed by atoms with van der Waals surface area (Å²) < 4.78 is 40.8. The molecule has 12 nitrogen and oxygen atoms in total. The molecule has 0 saturated carbocycles. The Balaban J connectivity index is 1.34. The quantitative estimate of drug-likeness (QED) is 0.114. The molecule has 0 aliphatic carbocycles. The van der Waals surface area contributed by atoms with Crippen LogP contribution in [0, 0.1) is 11.8 Å². The van der Waals surface area contributed by atoms with Gasteiger partial charge in [-0.25, -0.2) is 14.6 Å². The van der Waals surface area contributed by atoms with Gasteiger partial charge < -0.3 is 38.2 Å². The Morgan fingerprint density at radius 1 is 1.00 bits per heavy atom. The highest BCUT2D eigenvalue weighted by molar-refractivity contribution is 5.82. The highest BCUT2D eigenvalue weighted by Gasteiger charge is 2.38. The van der Waals surface area contributed by atoms with Crippen molar-refractivity contribution in [1.82, 2.24) is 10.3 Å². The van der Waals surface area contributed by atoms with Gasteiger partial charge in [-0.1, -0.05) is 39.0 Å². The second kappa shape index (κ2) is 20.4. The van der Waals surface area contributed by atoms with Gasteiger partial charge in [0.2, 0.25) is 5.89 Å². The number of aromatic nitrogens is 1. The largest absolute Gasteiger partial charge is 0.459 e. The van der Waals surface area contributed by atoms with Crippen LogP contribution in [0.1, 0.15) is 96.6 Å². The molecule has 1 N–H and O–H groups in total. The maximum atomic E-state index is 13.3. The molecule has 4 rings (SSSR count). The molecule has 1 amide bonds. The first-order chi connectivity index (χ1) is 24.1. The van der Waals surface area contributed by atoms with E-state index in [1.807, 2.05) is 6.08 Å². The Morgan fingerprint density at radius 3 is 2.58 bits per heavy atom. The number of methoxy groups -OCH3 is 2. The van der Waals surface area contributed by atoms with Gasteiger partial charge in [-0.05, 0) is 62.5 Å². The number of amides is 1. The second-order valence-electron chi connectivity index (χ2n) is 14.0. The van der Waals surface area contributed by atoms with Gasteiger partial charge in [0.15, 0.2) is 0 Å². The topological polar surface area (TPSA) is 145 Å². The van der Waals surface area contributed by atoms with E-state index >= 15 is 0 Å². The highest BCUT2D eigenvalue weighted by Crippen LogP contribution is 2.34. The van der Waals surface area contributed by atoms with Gasteiger partial charge in [0.1, 0.15) is 18.5 Å². The van der Waals surface area contributed by atoms with E-state index in [0.717, 1.165) is 31.4 Å². The Labute approximate surface area is 296 Å². The number of alkyl carbamates (subject to hydrolysis) is 1. The zero-order valence-corrected chi connectivity index (χ0v) is 30.3. The number of carbonyl (C=O) groups is 3. The minimum absolute atomic E-state index is 0.0180. The number of nitrogens with one attached hydrogen (secondary N) is 1. The molecule has 8 atom stereocenters. The van der Waals surface area contributed by atoms with Crippen molar-refractivity contribution in [2.45, 2.75) is 134 Å². The van der Waals surface area contributed by atoms with E-state index in [9.17, 15) is 14.4 Å². The number of fused-ring (bicyclic) bond motifs is 4. The van der Waals surface area contributed by atoms with Crippen LogP contribution in [0.3, 0.4) is 0 Å². The van der Waals surface area contributed by atoms with Crippen LogP contribution < -0.4 is 5.32 Å². The first kappa shape index (κ1) is 39.3. The van der Waals surface area contributed by atoms with Crippen molar-refractivity contribution >= 4 is 24.1 Å². The molecule has 50 heavy (non-hydrogen) atoms. The predicted molar refractivity (Wildman–Crippen MR) is 186 cm³/mol. The van der Waals surface area contributed by atoms with Crippen LogP contribution in [0.25, 0.3) is 6.08 Å². The van der Waals surface area contributed by atoms with Gasteiger partial charge in [0, 0.05) is 45.4 Å². The molecule has 1 aromatic rings. The summed E-state index contributed by atoms with van der Waals surface area (Å²) in [6, 6.07) is 0. The lowest BCUT2D eigenvalue weighted by Crippen LogP contribution is -2.43. The van der Waals surface area contributed by atoms with E-state index in [1.54, 1.807) is 31.6 Å². The molecule has 0 radical (unpaired) electrons. The van der Waals surface area contributed by atoms with E-state index in [2.05, 4.69) is 41.9 Å². The van der Waals surface area contributed by atoms with E-state index in [0.29, 0.717) is 56.3 Å². The number of carbonyl (C=O) groups excluding carboxylic acids is 3. The predicted octanol–water partition coefficient (Wildman–Crippen LogP) is 6.28. The van der Waals surface area contributed by atoms with Crippen molar-refractivity contribution in [3.63, 3.8) is 0 Å². The average molecular weight is 701 g/mol. The summed E-state index contributed by atoms with van der Waals surface area (Å²) in [5.74, 6) is 0.537. The van der Waals surface area contributed by atoms with E-state index < -0.39 is 24.3 Å². The van der Waals surface area contributed by atoms with Crippen molar-refractivity contribution in [3.8, 4) is 0 Å². The van der Waals surface area contributed by atoms with Crippen LogP contribution in [0.4, 0.5) is 4.79 Å². The first-order valence-electron chi connectivity index (χ1n) is 18.1. The standard InChI is InChI=1S/C38H56N2O10/c1-25(2)10-8-12-28-18-29-16-15-26(3)34(48-29)22-30(44-4)19-31-20-32(21-33(47-31)23-37(42)49-28)50-36(41)14-7-6-11-27-24-46-35(40-27)13-9-17-39-38(43)45-5/h7-9,12-14,24-26,28-34H,6,10-11,15-23H2,1-5H3,(H,39,43)/b12-8+,13-9-,14-7-/t26?,28-,29?,30+,31?,32-,33?,34?/m1/s1.